The van der Waals surface area contributed by atoms with Crippen LogP contribution in [0.4, 0.5) is 5.82 Å². The van der Waals surface area contributed by atoms with Crippen LogP contribution >= 0.6 is 0 Å². The van der Waals surface area contributed by atoms with Crippen LogP contribution in [-0.2, 0) is 13.6 Å². The van der Waals surface area contributed by atoms with Crippen molar-refractivity contribution in [2.24, 2.45) is 7.05 Å². The Labute approximate surface area is 221 Å². The zero-order valence-electron chi connectivity index (χ0n) is 21.8. The van der Waals surface area contributed by atoms with Crippen molar-refractivity contribution in [1.29, 1.82) is 0 Å². The number of hydrogen-bond donors (Lipinski definition) is 1. The molecule has 8 nitrogen and oxygen atoms in total. The number of methoxy groups -OCH3 is 1. The first-order valence-electron chi connectivity index (χ1n) is 12.7. The maximum atomic E-state index is 13.5. The van der Waals surface area contributed by atoms with Crippen LogP contribution in [0.2, 0.25) is 0 Å². The highest BCUT2D eigenvalue weighted by molar-refractivity contribution is 6.16. The molecule has 1 fully saturated rings. The lowest BCUT2D eigenvalue weighted by Gasteiger charge is -2.35. The second-order valence-corrected chi connectivity index (χ2v) is 9.86. The number of benzene rings is 2. The van der Waals surface area contributed by atoms with Gasteiger partial charge in [-0.1, -0.05) is 6.07 Å². The summed E-state index contributed by atoms with van der Waals surface area (Å²) in [5.41, 5.74) is 3.77. The van der Waals surface area contributed by atoms with Gasteiger partial charge in [0, 0.05) is 68.6 Å². The van der Waals surface area contributed by atoms with E-state index in [-0.39, 0.29) is 17.3 Å². The molecular formula is C30H30N4O4. The molecule has 38 heavy (non-hydrogen) atoms. The average Bonchev–Trinajstić information content (AvgIpc) is 3.43. The number of Topliss-reactive ketones (excluding diaryl/α,β-unsaturated/α-hetero) is 1. The van der Waals surface area contributed by atoms with Gasteiger partial charge in [-0.15, -0.1) is 0 Å². The van der Waals surface area contributed by atoms with Gasteiger partial charge in [0.25, 0.3) is 0 Å². The summed E-state index contributed by atoms with van der Waals surface area (Å²) in [5.74, 6) is 2.42. The molecule has 2 aliphatic rings. The molecule has 2 aliphatic heterocycles. The van der Waals surface area contributed by atoms with Crippen LogP contribution in [-0.4, -0.2) is 58.6 Å². The molecule has 0 amide bonds. The Bertz CT molecular complexity index is 1570. The number of pyridine rings is 1. The number of aryl methyl sites for hydroxylation is 2. The number of phenolic OH excluding ortho intramolecular Hbond substituents is 1. The van der Waals surface area contributed by atoms with Crippen molar-refractivity contribution >= 4 is 28.6 Å². The molecule has 0 bridgehead atoms. The van der Waals surface area contributed by atoms with Gasteiger partial charge in [0.15, 0.2) is 5.76 Å². The van der Waals surface area contributed by atoms with Crippen molar-refractivity contribution < 1.29 is 19.4 Å². The SMILES string of the molecule is COc1ccc2c(c1)c(/C=C1/Oc3c(CN4CCN(c5ccccn5)CC4)c(O)cc(C)c3C1=O)cn2C. The van der Waals surface area contributed by atoms with E-state index >= 15 is 0 Å². The number of hydrogen-bond acceptors (Lipinski definition) is 7. The Balaban J connectivity index is 1.28. The van der Waals surface area contributed by atoms with Gasteiger partial charge in [0.2, 0.25) is 5.78 Å². The van der Waals surface area contributed by atoms with Crippen molar-refractivity contribution in [3.05, 3.63) is 82.9 Å². The van der Waals surface area contributed by atoms with Crippen molar-refractivity contribution in [2.75, 3.05) is 38.2 Å². The van der Waals surface area contributed by atoms with E-state index in [2.05, 4.69) is 14.8 Å². The van der Waals surface area contributed by atoms with Gasteiger partial charge in [0.05, 0.1) is 18.2 Å². The number of carbonyl (C=O) groups is 1. The van der Waals surface area contributed by atoms with Crippen LogP contribution in [0.1, 0.15) is 27.0 Å². The van der Waals surface area contributed by atoms with Gasteiger partial charge in [-0.2, -0.15) is 0 Å². The first kappa shape index (κ1) is 24.1. The van der Waals surface area contributed by atoms with E-state index in [0.29, 0.717) is 29.0 Å². The van der Waals surface area contributed by atoms with E-state index < -0.39 is 0 Å². The van der Waals surface area contributed by atoms with E-state index in [1.54, 1.807) is 19.3 Å². The molecule has 1 saturated heterocycles. The molecule has 194 valence electrons. The highest BCUT2D eigenvalue weighted by atomic mass is 16.5. The summed E-state index contributed by atoms with van der Waals surface area (Å²) >= 11 is 0. The van der Waals surface area contributed by atoms with Crippen molar-refractivity contribution in [3.8, 4) is 17.2 Å². The highest BCUT2D eigenvalue weighted by Crippen LogP contribution is 2.43. The lowest BCUT2D eigenvalue weighted by molar-refractivity contribution is 0.101. The minimum atomic E-state index is -0.168. The lowest BCUT2D eigenvalue weighted by atomic mass is 9.99. The largest absolute Gasteiger partial charge is 0.507 e. The minimum Gasteiger partial charge on any atom is -0.507 e. The summed E-state index contributed by atoms with van der Waals surface area (Å²) in [4.78, 5) is 22.5. The molecule has 0 atom stereocenters. The quantitative estimate of drug-likeness (QED) is 0.395. The molecule has 0 spiro atoms. The summed E-state index contributed by atoms with van der Waals surface area (Å²) in [7, 11) is 3.61. The minimum absolute atomic E-state index is 0.150. The van der Waals surface area contributed by atoms with E-state index in [1.165, 1.54) is 0 Å². The zero-order valence-corrected chi connectivity index (χ0v) is 21.8. The van der Waals surface area contributed by atoms with E-state index in [9.17, 15) is 9.90 Å². The number of ketones is 1. The fraction of sp³-hybridized carbons (Fsp3) is 0.267. The Hall–Kier alpha value is -4.30. The molecule has 6 rings (SSSR count). The Morgan fingerprint density at radius 2 is 1.95 bits per heavy atom. The van der Waals surface area contributed by atoms with Crippen LogP contribution in [0.15, 0.2) is 60.6 Å². The monoisotopic (exact) mass is 510 g/mol. The topological polar surface area (TPSA) is 80.1 Å². The van der Waals surface area contributed by atoms with E-state index in [1.807, 2.05) is 67.3 Å². The molecule has 2 aromatic carbocycles. The number of rotatable bonds is 5. The molecule has 2 aromatic heterocycles. The second kappa shape index (κ2) is 9.54. The predicted octanol–water partition coefficient (Wildman–Crippen LogP) is 4.53. The summed E-state index contributed by atoms with van der Waals surface area (Å²) in [6.45, 7) is 5.63. The van der Waals surface area contributed by atoms with Crippen LogP contribution in [0.3, 0.4) is 0 Å². The van der Waals surface area contributed by atoms with Gasteiger partial charge >= 0.3 is 0 Å². The molecule has 0 unspecified atom stereocenters. The molecule has 4 aromatic rings. The average molecular weight is 511 g/mol. The first-order valence-corrected chi connectivity index (χ1v) is 12.7. The molecular weight excluding hydrogens is 480 g/mol. The fourth-order valence-corrected chi connectivity index (χ4v) is 5.42. The predicted molar refractivity (Wildman–Crippen MR) is 147 cm³/mol. The number of phenols is 1. The van der Waals surface area contributed by atoms with Gasteiger partial charge in [-0.25, -0.2) is 4.98 Å². The Kier molecular flexibility index (Phi) is 6.04. The van der Waals surface area contributed by atoms with Crippen LogP contribution in [0.5, 0.6) is 17.2 Å². The van der Waals surface area contributed by atoms with Gasteiger partial charge in [-0.3, -0.25) is 9.69 Å². The smallest absolute Gasteiger partial charge is 0.232 e. The third kappa shape index (κ3) is 4.16. The maximum absolute atomic E-state index is 13.5. The van der Waals surface area contributed by atoms with Crippen molar-refractivity contribution in [3.63, 3.8) is 0 Å². The van der Waals surface area contributed by atoms with Crippen LogP contribution < -0.4 is 14.4 Å². The van der Waals surface area contributed by atoms with Crippen LogP contribution in [0, 0.1) is 6.92 Å². The van der Waals surface area contributed by atoms with Gasteiger partial charge in [-0.05, 0) is 55.0 Å². The Morgan fingerprint density at radius 1 is 1.13 bits per heavy atom. The third-order valence-corrected chi connectivity index (χ3v) is 7.46. The van der Waals surface area contributed by atoms with E-state index in [0.717, 1.165) is 54.2 Å². The number of anilines is 1. The number of carbonyl (C=O) groups excluding carboxylic acids is 1. The van der Waals surface area contributed by atoms with Crippen LogP contribution in [0.25, 0.3) is 17.0 Å². The number of ether oxygens (including phenoxy) is 2. The second-order valence-electron chi connectivity index (χ2n) is 9.86. The standard InChI is InChI=1S/C30H30N4O4/c1-19-14-25(35)23(18-33-10-12-34(13-11-33)27-6-4-5-9-31-27)30-28(19)29(36)26(38-30)15-20-17-32(2)24-8-7-21(37-3)16-22(20)24/h4-9,14-17,35H,10-13,18H2,1-3H3/b26-15+. The number of allylic oxidation sites excluding steroid dienone is 1. The summed E-state index contributed by atoms with van der Waals surface area (Å²) in [6.07, 6.45) is 5.57. The van der Waals surface area contributed by atoms with E-state index in [4.69, 9.17) is 9.47 Å². The zero-order chi connectivity index (χ0) is 26.4. The summed E-state index contributed by atoms with van der Waals surface area (Å²) < 4.78 is 13.7. The first-order chi connectivity index (χ1) is 18.4. The summed E-state index contributed by atoms with van der Waals surface area (Å²) in [6, 6.07) is 13.5. The molecule has 0 saturated carbocycles. The normalized spacial score (nSPS) is 16.8. The maximum Gasteiger partial charge on any atom is 0.232 e. The molecule has 0 radical (unpaired) electrons. The lowest BCUT2D eigenvalue weighted by Crippen LogP contribution is -2.46. The highest BCUT2D eigenvalue weighted by Gasteiger charge is 2.34. The number of aromatic hydroxyl groups is 1. The van der Waals surface area contributed by atoms with Gasteiger partial charge in [0.1, 0.15) is 23.1 Å². The van der Waals surface area contributed by atoms with Gasteiger partial charge < -0.3 is 24.0 Å². The third-order valence-electron chi connectivity index (χ3n) is 7.46. The number of nitrogens with zero attached hydrogens (tertiary/aromatic N) is 4. The molecule has 4 heterocycles. The Morgan fingerprint density at radius 3 is 2.68 bits per heavy atom. The molecule has 1 N–H and O–H groups in total. The van der Waals surface area contributed by atoms with Crippen molar-refractivity contribution in [1.82, 2.24) is 14.5 Å². The summed E-state index contributed by atoms with van der Waals surface area (Å²) in [5, 5.41) is 11.9. The molecule has 8 heteroatoms. The fourth-order valence-electron chi connectivity index (χ4n) is 5.42. The molecule has 0 aliphatic carbocycles. The number of fused-ring (bicyclic) bond motifs is 2. The number of piperazine rings is 1. The number of aromatic nitrogens is 2. The van der Waals surface area contributed by atoms with Crippen molar-refractivity contribution in [2.45, 2.75) is 13.5 Å².